The number of hydrogen-bond acceptors (Lipinski definition) is 5. The van der Waals surface area contributed by atoms with Crippen LogP contribution in [0.25, 0.3) is 22.2 Å². The molecule has 3 aromatic rings. The number of nitrogens with two attached hydrogens (primary N) is 1. The highest BCUT2D eigenvalue weighted by atomic mass is 35.5. The number of fused-ring (bicyclic) bond motifs is 1. The largest absolute Gasteiger partial charge is 0.369 e. The van der Waals surface area contributed by atoms with Gasteiger partial charge in [-0.25, -0.2) is 0 Å². The maximum atomic E-state index is 12.3. The van der Waals surface area contributed by atoms with Crippen LogP contribution in [-0.4, -0.2) is 15.0 Å². The fourth-order valence-electron chi connectivity index (χ4n) is 2.27. The van der Waals surface area contributed by atoms with Crippen molar-refractivity contribution in [2.45, 2.75) is 0 Å². The van der Waals surface area contributed by atoms with Gasteiger partial charge >= 0.3 is 0 Å². The van der Waals surface area contributed by atoms with Crippen molar-refractivity contribution < 1.29 is 0 Å². The van der Waals surface area contributed by atoms with Crippen molar-refractivity contribution in [1.82, 2.24) is 15.0 Å². The Morgan fingerprint density at radius 3 is 2.52 bits per heavy atom. The number of hydrogen-bond donors (Lipinski definition) is 3. The third-order valence-electron chi connectivity index (χ3n) is 3.22. The van der Waals surface area contributed by atoms with Crippen molar-refractivity contribution in [2.24, 2.45) is 0 Å². The molecule has 0 fully saturated rings. The highest BCUT2D eigenvalue weighted by Gasteiger charge is 2.19. The molecule has 1 aromatic carbocycles. The van der Waals surface area contributed by atoms with Crippen LogP contribution < -0.4 is 16.9 Å². The van der Waals surface area contributed by atoms with Crippen molar-refractivity contribution in [2.75, 3.05) is 5.73 Å². The van der Waals surface area contributed by atoms with Gasteiger partial charge in [-0.3, -0.25) is 14.6 Å². The van der Waals surface area contributed by atoms with Gasteiger partial charge in [-0.15, -0.1) is 0 Å². The second-order valence-electron chi connectivity index (χ2n) is 4.62. The summed E-state index contributed by atoms with van der Waals surface area (Å²) in [5.41, 5.74) is 4.49. The van der Waals surface area contributed by atoms with Gasteiger partial charge < -0.3 is 10.7 Å². The lowest BCUT2D eigenvalue weighted by atomic mass is 9.98. The normalized spacial score (nSPS) is 10.7. The number of nitrogens with one attached hydrogen (secondary N) is 2. The van der Waals surface area contributed by atoms with E-state index >= 15 is 0 Å². The Morgan fingerprint density at radius 1 is 1.13 bits per heavy atom. The lowest BCUT2D eigenvalue weighted by molar-refractivity contribution is 1.14. The van der Waals surface area contributed by atoms with Gasteiger partial charge in [0.05, 0.1) is 15.4 Å². The molecule has 0 spiro atoms. The van der Waals surface area contributed by atoms with Crippen molar-refractivity contribution >= 4 is 40.2 Å². The fraction of sp³-hybridized carbons (Fsp3) is 0. The monoisotopic (exact) mass is 347 g/mol. The summed E-state index contributed by atoms with van der Waals surface area (Å²) >= 11 is 11.9. The molecule has 3 rings (SSSR count). The topological polar surface area (TPSA) is 128 Å². The smallest absolute Gasteiger partial charge is 0.268 e. The van der Waals surface area contributed by atoms with Crippen molar-refractivity contribution in [3.63, 3.8) is 0 Å². The lowest BCUT2D eigenvalue weighted by Crippen LogP contribution is -2.20. The zero-order chi connectivity index (χ0) is 16.7. The molecule has 0 radical (unpaired) electrons. The van der Waals surface area contributed by atoms with Gasteiger partial charge in [0, 0.05) is 5.56 Å². The number of rotatable bonds is 1. The Balaban J connectivity index is 2.56. The first kappa shape index (κ1) is 15.1. The summed E-state index contributed by atoms with van der Waals surface area (Å²) in [6.07, 6.45) is 0. The third-order valence-corrected chi connectivity index (χ3v) is 3.96. The molecule has 0 bridgehead atoms. The molecule has 9 heteroatoms. The number of benzene rings is 1. The Bertz CT molecular complexity index is 1110. The standard InChI is InChI=1S/C14H7Cl2N5O2/c15-7-2-1-5(3-8(7)16)9-6(4-17)12(22)19-11-10(9)13(23)21-14(18)20-11/h1-3H,(H4,18,19,20,21,22,23). The SMILES string of the molecule is N#Cc1c(-c2ccc(Cl)c(Cl)c2)c2c(=O)[nH]c(N)nc2[nH]c1=O. The first-order valence-corrected chi connectivity index (χ1v) is 6.99. The highest BCUT2D eigenvalue weighted by molar-refractivity contribution is 6.42. The van der Waals surface area contributed by atoms with Crippen molar-refractivity contribution in [3.05, 3.63) is 54.5 Å². The van der Waals surface area contributed by atoms with E-state index in [0.717, 1.165) is 0 Å². The van der Waals surface area contributed by atoms with E-state index in [9.17, 15) is 14.9 Å². The number of H-pyrrole nitrogens is 2. The molecule has 0 aliphatic carbocycles. The summed E-state index contributed by atoms with van der Waals surface area (Å²) in [7, 11) is 0. The maximum absolute atomic E-state index is 12.3. The van der Waals surface area contributed by atoms with Gasteiger partial charge in [0.1, 0.15) is 17.3 Å². The van der Waals surface area contributed by atoms with Crippen LogP contribution in [0.15, 0.2) is 27.8 Å². The summed E-state index contributed by atoms with van der Waals surface area (Å²) in [5, 5.41) is 9.87. The molecule has 0 saturated carbocycles. The molecule has 0 saturated heterocycles. The molecule has 0 atom stereocenters. The molecule has 0 unspecified atom stereocenters. The third kappa shape index (κ3) is 2.44. The first-order chi connectivity index (χ1) is 10.9. The summed E-state index contributed by atoms with van der Waals surface area (Å²) in [5.74, 6) is -0.150. The maximum Gasteiger partial charge on any atom is 0.268 e. The van der Waals surface area contributed by atoms with Crippen molar-refractivity contribution in [1.29, 1.82) is 5.26 Å². The lowest BCUT2D eigenvalue weighted by Gasteiger charge is -2.09. The minimum atomic E-state index is -0.682. The number of anilines is 1. The summed E-state index contributed by atoms with van der Waals surface area (Å²) < 4.78 is 0. The van der Waals surface area contributed by atoms with Gasteiger partial charge in [-0.05, 0) is 17.7 Å². The second kappa shape index (κ2) is 5.43. The van der Waals surface area contributed by atoms with Crippen LogP contribution in [0.1, 0.15) is 5.56 Å². The summed E-state index contributed by atoms with van der Waals surface area (Å²) in [6, 6.07) is 6.33. The molecule has 2 heterocycles. The number of nitrogen functional groups attached to an aromatic ring is 1. The minimum absolute atomic E-state index is 0.0173. The molecular weight excluding hydrogens is 341 g/mol. The molecule has 4 N–H and O–H groups in total. The van der Waals surface area contributed by atoms with E-state index in [1.807, 2.05) is 0 Å². The van der Waals surface area contributed by atoms with E-state index in [4.69, 9.17) is 28.9 Å². The van der Waals surface area contributed by atoms with Crippen LogP contribution in [0, 0.1) is 11.3 Å². The highest BCUT2D eigenvalue weighted by Crippen LogP contribution is 2.31. The van der Waals surface area contributed by atoms with Gasteiger partial charge in [-0.1, -0.05) is 29.3 Å². The average molecular weight is 348 g/mol. The number of pyridine rings is 1. The number of aromatic nitrogens is 3. The predicted molar refractivity (Wildman–Crippen MR) is 87.6 cm³/mol. The van der Waals surface area contributed by atoms with Crippen molar-refractivity contribution in [3.8, 4) is 17.2 Å². The van der Waals surface area contributed by atoms with Gasteiger partial charge in [0.2, 0.25) is 5.95 Å². The molecule has 0 aliphatic rings. The Labute approximate surface area is 138 Å². The van der Waals surface area contributed by atoms with E-state index in [0.29, 0.717) is 10.6 Å². The Morgan fingerprint density at radius 2 is 1.87 bits per heavy atom. The molecule has 114 valence electrons. The Hall–Kier alpha value is -2.82. The second-order valence-corrected chi connectivity index (χ2v) is 5.43. The van der Waals surface area contributed by atoms with E-state index in [2.05, 4.69) is 15.0 Å². The van der Waals surface area contributed by atoms with E-state index in [-0.39, 0.29) is 33.1 Å². The molecule has 23 heavy (non-hydrogen) atoms. The van der Waals surface area contributed by atoms with Crippen LogP contribution in [0.3, 0.4) is 0 Å². The Kier molecular flexibility index (Phi) is 3.56. The van der Waals surface area contributed by atoms with E-state index in [1.165, 1.54) is 12.1 Å². The molecule has 0 amide bonds. The van der Waals surface area contributed by atoms with Crippen LogP contribution in [0.2, 0.25) is 10.0 Å². The average Bonchev–Trinajstić information content (AvgIpc) is 2.48. The minimum Gasteiger partial charge on any atom is -0.369 e. The number of aromatic amines is 2. The molecular formula is C14H7Cl2N5O2. The van der Waals surface area contributed by atoms with Crippen LogP contribution >= 0.6 is 23.2 Å². The van der Waals surface area contributed by atoms with Gasteiger partial charge in [0.15, 0.2) is 0 Å². The van der Waals surface area contributed by atoms with E-state index in [1.54, 1.807) is 12.1 Å². The quantitative estimate of drug-likeness (QED) is 0.620. The fourth-order valence-corrected chi connectivity index (χ4v) is 2.57. The first-order valence-electron chi connectivity index (χ1n) is 6.23. The molecule has 0 aliphatic heterocycles. The predicted octanol–water partition coefficient (Wildman–Crippen LogP) is 2.04. The zero-order valence-electron chi connectivity index (χ0n) is 11.3. The van der Waals surface area contributed by atoms with Crippen LogP contribution in [0.5, 0.6) is 0 Å². The molecule has 2 aromatic heterocycles. The van der Waals surface area contributed by atoms with Crippen LogP contribution in [-0.2, 0) is 0 Å². The number of nitrogens with zero attached hydrogens (tertiary/aromatic N) is 2. The van der Waals surface area contributed by atoms with Gasteiger partial charge in [0.25, 0.3) is 11.1 Å². The summed E-state index contributed by atoms with van der Waals surface area (Å²) in [4.78, 5) is 33.0. The van der Waals surface area contributed by atoms with E-state index < -0.39 is 11.1 Å². The molecule has 7 nitrogen and oxygen atoms in total. The van der Waals surface area contributed by atoms with Gasteiger partial charge in [-0.2, -0.15) is 10.2 Å². The van der Waals surface area contributed by atoms with Crippen LogP contribution in [0.4, 0.5) is 5.95 Å². The number of halogens is 2. The zero-order valence-corrected chi connectivity index (χ0v) is 12.8. The number of nitriles is 1. The summed E-state index contributed by atoms with van der Waals surface area (Å²) in [6.45, 7) is 0.